The smallest absolute Gasteiger partial charge is 0.352 e. The SMILES string of the molecule is Cc1ncc(Cn2cc([N+](=O)[O-])cc2C(=O)O)s1. The van der Waals surface area contributed by atoms with Crippen LogP contribution in [-0.4, -0.2) is 25.6 Å². The summed E-state index contributed by atoms with van der Waals surface area (Å²) in [5.74, 6) is -1.19. The molecule has 1 N–H and O–H groups in total. The molecule has 0 fully saturated rings. The molecule has 2 aromatic rings. The summed E-state index contributed by atoms with van der Waals surface area (Å²) >= 11 is 1.43. The largest absolute Gasteiger partial charge is 0.477 e. The Morgan fingerprint density at radius 3 is 2.89 bits per heavy atom. The number of carbonyl (C=O) groups is 1. The second-order valence-electron chi connectivity index (χ2n) is 3.62. The van der Waals surface area contributed by atoms with Crippen molar-refractivity contribution in [2.75, 3.05) is 0 Å². The Kier molecular flexibility index (Phi) is 3.11. The highest BCUT2D eigenvalue weighted by molar-refractivity contribution is 7.11. The molecule has 7 nitrogen and oxygen atoms in total. The molecular formula is C10H9N3O4S. The lowest BCUT2D eigenvalue weighted by molar-refractivity contribution is -0.384. The Balaban J connectivity index is 2.36. The third kappa shape index (κ3) is 2.38. The van der Waals surface area contributed by atoms with Crippen molar-refractivity contribution in [2.24, 2.45) is 0 Å². The fraction of sp³-hybridized carbons (Fsp3) is 0.200. The normalized spacial score (nSPS) is 10.5. The highest BCUT2D eigenvalue weighted by Gasteiger charge is 2.19. The monoisotopic (exact) mass is 267 g/mol. The van der Waals surface area contributed by atoms with Gasteiger partial charge in [-0.05, 0) is 6.92 Å². The fourth-order valence-electron chi connectivity index (χ4n) is 1.55. The van der Waals surface area contributed by atoms with E-state index in [1.165, 1.54) is 22.1 Å². The van der Waals surface area contributed by atoms with Crippen LogP contribution in [0.4, 0.5) is 5.69 Å². The average molecular weight is 267 g/mol. The molecule has 2 aromatic heterocycles. The van der Waals surface area contributed by atoms with Crippen LogP contribution in [0.3, 0.4) is 0 Å². The minimum absolute atomic E-state index is 0.104. The van der Waals surface area contributed by atoms with Gasteiger partial charge in [-0.3, -0.25) is 10.1 Å². The van der Waals surface area contributed by atoms with Crippen molar-refractivity contribution in [2.45, 2.75) is 13.5 Å². The number of aromatic nitrogens is 2. The summed E-state index contributed by atoms with van der Waals surface area (Å²) in [6.45, 7) is 2.10. The highest BCUT2D eigenvalue weighted by Crippen LogP contribution is 2.20. The van der Waals surface area contributed by atoms with Gasteiger partial charge in [-0.25, -0.2) is 9.78 Å². The first-order valence-corrected chi connectivity index (χ1v) is 5.78. The van der Waals surface area contributed by atoms with Crippen LogP contribution in [0, 0.1) is 17.0 Å². The molecule has 0 radical (unpaired) electrons. The molecule has 0 spiro atoms. The summed E-state index contributed by atoms with van der Waals surface area (Å²) in [5, 5.41) is 20.5. The van der Waals surface area contributed by atoms with Crippen molar-refractivity contribution >= 4 is 23.0 Å². The van der Waals surface area contributed by atoms with Crippen molar-refractivity contribution < 1.29 is 14.8 Å². The number of hydrogen-bond donors (Lipinski definition) is 1. The van der Waals surface area contributed by atoms with E-state index in [2.05, 4.69) is 4.98 Å². The Morgan fingerprint density at radius 2 is 2.39 bits per heavy atom. The van der Waals surface area contributed by atoms with Gasteiger partial charge >= 0.3 is 5.97 Å². The topological polar surface area (TPSA) is 98.3 Å². The molecule has 0 saturated carbocycles. The van der Waals surface area contributed by atoms with Crippen LogP contribution >= 0.6 is 11.3 Å². The van der Waals surface area contributed by atoms with Crippen LogP contribution < -0.4 is 0 Å². The number of thiazole rings is 1. The second kappa shape index (κ2) is 4.57. The molecule has 94 valence electrons. The lowest BCUT2D eigenvalue weighted by Crippen LogP contribution is -2.07. The maximum atomic E-state index is 11.0. The minimum atomic E-state index is -1.19. The number of nitrogens with zero attached hydrogens (tertiary/aromatic N) is 3. The summed E-state index contributed by atoms with van der Waals surface area (Å²) in [6, 6.07) is 1.05. The summed E-state index contributed by atoms with van der Waals surface area (Å²) < 4.78 is 1.34. The Hall–Kier alpha value is -2.22. The zero-order chi connectivity index (χ0) is 13.3. The molecule has 0 bridgehead atoms. The van der Waals surface area contributed by atoms with Gasteiger partial charge in [-0.15, -0.1) is 11.3 Å². The van der Waals surface area contributed by atoms with E-state index in [0.717, 1.165) is 16.0 Å². The second-order valence-corrected chi connectivity index (χ2v) is 4.94. The lowest BCUT2D eigenvalue weighted by Gasteiger charge is -2.02. The molecule has 0 aliphatic heterocycles. The van der Waals surface area contributed by atoms with Crippen LogP contribution in [-0.2, 0) is 6.54 Å². The molecule has 0 atom stereocenters. The van der Waals surface area contributed by atoms with Crippen LogP contribution in [0.5, 0.6) is 0 Å². The number of aromatic carboxylic acids is 1. The van der Waals surface area contributed by atoms with E-state index >= 15 is 0 Å². The van der Waals surface area contributed by atoms with E-state index < -0.39 is 10.9 Å². The Morgan fingerprint density at radius 1 is 1.67 bits per heavy atom. The predicted octanol–water partition coefficient (Wildman–Crippen LogP) is 1.91. The number of nitro groups is 1. The Bertz CT molecular complexity index is 616. The summed E-state index contributed by atoms with van der Waals surface area (Å²) in [5.41, 5.74) is -0.332. The molecule has 0 aliphatic carbocycles. The van der Waals surface area contributed by atoms with E-state index in [-0.39, 0.29) is 17.9 Å². The summed E-state index contributed by atoms with van der Waals surface area (Å²) in [7, 11) is 0. The molecule has 0 aliphatic rings. The van der Waals surface area contributed by atoms with Gasteiger partial charge in [0.25, 0.3) is 5.69 Å². The lowest BCUT2D eigenvalue weighted by atomic mass is 10.4. The first-order chi connectivity index (χ1) is 8.47. The van der Waals surface area contributed by atoms with Crippen molar-refractivity contribution in [3.63, 3.8) is 0 Å². The first-order valence-electron chi connectivity index (χ1n) is 4.96. The van der Waals surface area contributed by atoms with Crippen LogP contribution in [0.25, 0.3) is 0 Å². The molecular weight excluding hydrogens is 258 g/mol. The van der Waals surface area contributed by atoms with Gasteiger partial charge in [0.1, 0.15) is 5.69 Å². The molecule has 0 aromatic carbocycles. The molecule has 18 heavy (non-hydrogen) atoms. The van der Waals surface area contributed by atoms with Crippen molar-refractivity contribution in [1.29, 1.82) is 0 Å². The van der Waals surface area contributed by atoms with Crippen LogP contribution in [0.2, 0.25) is 0 Å². The van der Waals surface area contributed by atoms with E-state index in [9.17, 15) is 14.9 Å². The van der Waals surface area contributed by atoms with Gasteiger partial charge in [-0.1, -0.05) is 0 Å². The zero-order valence-electron chi connectivity index (χ0n) is 9.36. The molecule has 2 heterocycles. The van der Waals surface area contributed by atoms with Crippen molar-refractivity contribution in [3.8, 4) is 0 Å². The van der Waals surface area contributed by atoms with Gasteiger partial charge in [-0.2, -0.15) is 0 Å². The van der Waals surface area contributed by atoms with Gasteiger partial charge < -0.3 is 9.67 Å². The number of carboxylic acids is 1. The third-order valence-corrected chi connectivity index (χ3v) is 3.20. The zero-order valence-corrected chi connectivity index (χ0v) is 10.2. The first kappa shape index (κ1) is 12.2. The predicted molar refractivity (Wildman–Crippen MR) is 64.0 cm³/mol. The number of aryl methyl sites for hydroxylation is 1. The van der Waals surface area contributed by atoms with Crippen LogP contribution in [0.15, 0.2) is 18.5 Å². The molecule has 0 amide bonds. The fourth-order valence-corrected chi connectivity index (χ4v) is 2.34. The van der Waals surface area contributed by atoms with Gasteiger partial charge in [0.2, 0.25) is 0 Å². The minimum Gasteiger partial charge on any atom is -0.477 e. The van der Waals surface area contributed by atoms with Crippen molar-refractivity contribution in [1.82, 2.24) is 9.55 Å². The van der Waals surface area contributed by atoms with Crippen molar-refractivity contribution in [3.05, 3.63) is 44.2 Å². The van der Waals surface area contributed by atoms with E-state index in [1.54, 1.807) is 6.20 Å². The quantitative estimate of drug-likeness (QED) is 0.673. The van der Waals surface area contributed by atoms with E-state index in [1.807, 2.05) is 6.92 Å². The molecule has 0 saturated heterocycles. The average Bonchev–Trinajstić information content (AvgIpc) is 2.85. The number of carboxylic acid groups (broad SMARTS) is 1. The van der Waals surface area contributed by atoms with Gasteiger partial charge in [0.05, 0.1) is 22.7 Å². The van der Waals surface area contributed by atoms with E-state index in [4.69, 9.17) is 5.11 Å². The number of rotatable bonds is 4. The standard InChI is InChI=1S/C10H9N3O4S/c1-6-11-3-8(18-6)5-12-4-7(13(16)17)2-9(12)10(14)15/h2-4H,5H2,1H3,(H,14,15). The highest BCUT2D eigenvalue weighted by atomic mass is 32.1. The summed E-state index contributed by atoms with van der Waals surface area (Å²) in [4.78, 5) is 25.9. The molecule has 0 unspecified atom stereocenters. The van der Waals surface area contributed by atoms with Crippen LogP contribution in [0.1, 0.15) is 20.4 Å². The summed E-state index contributed by atoms with van der Waals surface area (Å²) in [6.07, 6.45) is 2.86. The van der Waals surface area contributed by atoms with Gasteiger partial charge in [0, 0.05) is 17.1 Å². The number of hydrogen-bond acceptors (Lipinski definition) is 5. The maximum absolute atomic E-state index is 11.0. The molecule has 2 rings (SSSR count). The van der Waals surface area contributed by atoms with Gasteiger partial charge in [0.15, 0.2) is 0 Å². The Labute approximate surface area is 105 Å². The van der Waals surface area contributed by atoms with E-state index in [0.29, 0.717) is 0 Å². The molecule has 8 heteroatoms. The third-order valence-electron chi connectivity index (χ3n) is 2.31. The maximum Gasteiger partial charge on any atom is 0.352 e.